The quantitative estimate of drug-likeness (QED) is 0.750. The number of carbonyl (C=O) groups excluding carboxylic acids is 1. The van der Waals surface area contributed by atoms with E-state index in [1.807, 2.05) is 0 Å². The minimum Gasteiger partial charge on any atom is -0.466 e. The highest BCUT2D eigenvalue weighted by molar-refractivity contribution is 6.07. The van der Waals surface area contributed by atoms with Crippen LogP contribution in [0.4, 0.5) is 0 Å². The average Bonchev–Trinajstić information content (AvgIpc) is 2.87. The third-order valence-electron chi connectivity index (χ3n) is 1.88. The molecule has 0 bridgehead atoms. The number of aliphatic hydroxyl groups excluding tert-OH is 1. The highest BCUT2D eigenvalue weighted by Crippen LogP contribution is 2.16. The van der Waals surface area contributed by atoms with Gasteiger partial charge in [0.25, 0.3) is 0 Å². The topological polar surface area (TPSA) is 63.6 Å². The van der Waals surface area contributed by atoms with Crippen LogP contribution in [0.1, 0.15) is 21.9 Å². The lowest BCUT2D eigenvalue weighted by Crippen LogP contribution is -2.01. The van der Waals surface area contributed by atoms with E-state index in [0.29, 0.717) is 5.56 Å². The van der Waals surface area contributed by atoms with Crippen molar-refractivity contribution in [3.05, 3.63) is 47.8 Å². The van der Waals surface area contributed by atoms with Gasteiger partial charge in [-0.3, -0.25) is 4.79 Å². The first kappa shape index (κ1) is 8.77. The zero-order valence-corrected chi connectivity index (χ0v) is 7.27. The molecule has 4 nitrogen and oxygen atoms in total. The van der Waals surface area contributed by atoms with Crippen LogP contribution in [-0.2, 0) is 6.61 Å². The zero-order chi connectivity index (χ0) is 9.97. The second-order valence-corrected chi connectivity index (χ2v) is 2.72. The number of furan rings is 2. The molecule has 0 amide bonds. The molecule has 0 unspecified atom stereocenters. The van der Waals surface area contributed by atoms with Gasteiger partial charge in [0.1, 0.15) is 12.4 Å². The van der Waals surface area contributed by atoms with Gasteiger partial charge in [-0.15, -0.1) is 0 Å². The Morgan fingerprint density at radius 1 is 1.29 bits per heavy atom. The van der Waals surface area contributed by atoms with Crippen molar-refractivity contribution in [3.8, 4) is 0 Å². The molecule has 0 radical (unpaired) electrons. The molecule has 1 N–H and O–H groups in total. The molecule has 0 aromatic carbocycles. The molecule has 2 aromatic rings. The second-order valence-electron chi connectivity index (χ2n) is 2.72. The van der Waals surface area contributed by atoms with Crippen molar-refractivity contribution in [2.24, 2.45) is 0 Å². The van der Waals surface area contributed by atoms with Gasteiger partial charge < -0.3 is 13.9 Å². The molecule has 0 saturated carbocycles. The third-order valence-corrected chi connectivity index (χ3v) is 1.88. The van der Waals surface area contributed by atoms with Crippen LogP contribution in [0.15, 0.2) is 39.6 Å². The minimum atomic E-state index is -0.297. The van der Waals surface area contributed by atoms with Crippen molar-refractivity contribution in [2.75, 3.05) is 0 Å². The second kappa shape index (κ2) is 3.51. The Labute approximate surface area is 79.8 Å². The van der Waals surface area contributed by atoms with Gasteiger partial charge in [-0.2, -0.15) is 0 Å². The Kier molecular flexibility index (Phi) is 2.20. The number of rotatable bonds is 3. The smallest absolute Gasteiger partial charge is 0.231 e. The molecular weight excluding hydrogens is 184 g/mol. The fourth-order valence-electron chi connectivity index (χ4n) is 1.21. The summed E-state index contributed by atoms with van der Waals surface area (Å²) in [6.07, 6.45) is 2.79. The molecule has 2 heterocycles. The molecule has 2 rings (SSSR count). The lowest BCUT2D eigenvalue weighted by Gasteiger charge is -1.95. The predicted octanol–water partition coefficient (Wildman–Crippen LogP) is 1.60. The fourth-order valence-corrected chi connectivity index (χ4v) is 1.21. The summed E-state index contributed by atoms with van der Waals surface area (Å²) in [6.45, 7) is -0.297. The van der Waals surface area contributed by atoms with Crippen LogP contribution in [0.5, 0.6) is 0 Å². The van der Waals surface area contributed by atoms with E-state index < -0.39 is 0 Å². The Morgan fingerprint density at radius 2 is 2.14 bits per heavy atom. The van der Waals surface area contributed by atoms with Crippen LogP contribution in [0.2, 0.25) is 0 Å². The number of hydrogen-bond acceptors (Lipinski definition) is 4. The summed E-state index contributed by atoms with van der Waals surface area (Å²) in [7, 11) is 0. The van der Waals surface area contributed by atoms with Gasteiger partial charge in [0, 0.05) is 0 Å². The first-order valence-corrected chi connectivity index (χ1v) is 4.08. The van der Waals surface area contributed by atoms with E-state index in [0.717, 1.165) is 0 Å². The first-order chi connectivity index (χ1) is 6.83. The molecule has 4 heteroatoms. The number of aliphatic hydroxyl groups is 1. The van der Waals surface area contributed by atoms with Crippen molar-refractivity contribution >= 4 is 5.78 Å². The summed E-state index contributed by atoms with van der Waals surface area (Å²) in [4.78, 5) is 11.7. The summed E-state index contributed by atoms with van der Waals surface area (Å²) in [6, 6.07) is 4.71. The molecular formula is C10H8O4. The Hall–Kier alpha value is -1.81. The molecule has 14 heavy (non-hydrogen) atoms. The summed E-state index contributed by atoms with van der Waals surface area (Å²) < 4.78 is 9.87. The predicted molar refractivity (Wildman–Crippen MR) is 46.8 cm³/mol. The van der Waals surface area contributed by atoms with Gasteiger partial charge in [-0.05, 0) is 18.2 Å². The van der Waals surface area contributed by atoms with E-state index >= 15 is 0 Å². The van der Waals surface area contributed by atoms with Gasteiger partial charge >= 0.3 is 0 Å². The fraction of sp³-hybridized carbons (Fsp3) is 0.100. The lowest BCUT2D eigenvalue weighted by molar-refractivity contribution is 0.100. The maximum Gasteiger partial charge on any atom is 0.231 e. The Bertz CT molecular complexity index is 425. The summed E-state index contributed by atoms with van der Waals surface area (Å²) in [5.74, 6) is 0.209. The van der Waals surface area contributed by atoms with Crippen molar-refractivity contribution in [1.29, 1.82) is 0 Å². The standard InChI is InChI=1S/C10H8O4/c11-6-9-7(3-5-14-9)10(12)8-2-1-4-13-8/h1-5,11H,6H2. The molecule has 0 saturated heterocycles. The first-order valence-electron chi connectivity index (χ1n) is 4.08. The number of ketones is 1. The normalized spacial score (nSPS) is 10.4. The number of carbonyl (C=O) groups is 1. The molecule has 0 aliphatic carbocycles. The van der Waals surface area contributed by atoms with Crippen LogP contribution in [-0.4, -0.2) is 10.9 Å². The Balaban J connectivity index is 2.36. The molecule has 0 aliphatic heterocycles. The van der Waals surface area contributed by atoms with Crippen molar-refractivity contribution in [2.45, 2.75) is 6.61 Å². The third kappa shape index (κ3) is 1.36. The van der Waals surface area contributed by atoms with Crippen molar-refractivity contribution in [1.82, 2.24) is 0 Å². The summed E-state index contributed by atoms with van der Waals surface area (Å²) >= 11 is 0. The van der Waals surface area contributed by atoms with Crippen LogP contribution in [0, 0.1) is 0 Å². The molecule has 72 valence electrons. The van der Waals surface area contributed by atoms with Gasteiger partial charge in [-0.25, -0.2) is 0 Å². The summed E-state index contributed by atoms with van der Waals surface area (Å²) in [5, 5.41) is 8.88. The number of hydrogen-bond donors (Lipinski definition) is 1. The maximum absolute atomic E-state index is 11.7. The molecule has 0 fully saturated rings. The van der Waals surface area contributed by atoms with Crippen molar-refractivity contribution in [3.63, 3.8) is 0 Å². The van der Waals surface area contributed by atoms with E-state index in [2.05, 4.69) is 0 Å². The zero-order valence-electron chi connectivity index (χ0n) is 7.27. The van der Waals surface area contributed by atoms with Gasteiger partial charge in [-0.1, -0.05) is 0 Å². The van der Waals surface area contributed by atoms with Gasteiger partial charge in [0.2, 0.25) is 5.78 Å². The van der Waals surface area contributed by atoms with Crippen LogP contribution >= 0.6 is 0 Å². The SMILES string of the molecule is O=C(c1ccco1)c1ccoc1CO. The lowest BCUT2D eigenvalue weighted by atomic mass is 10.1. The van der Waals surface area contributed by atoms with Gasteiger partial charge in [0.05, 0.1) is 18.1 Å². The monoisotopic (exact) mass is 192 g/mol. The van der Waals surface area contributed by atoms with Gasteiger partial charge in [0.15, 0.2) is 5.76 Å². The van der Waals surface area contributed by atoms with E-state index in [9.17, 15) is 4.79 Å². The van der Waals surface area contributed by atoms with Crippen LogP contribution in [0.25, 0.3) is 0 Å². The van der Waals surface area contributed by atoms with E-state index in [1.165, 1.54) is 18.6 Å². The molecule has 0 atom stereocenters. The van der Waals surface area contributed by atoms with Crippen LogP contribution < -0.4 is 0 Å². The molecule has 0 aliphatic rings. The average molecular weight is 192 g/mol. The van der Waals surface area contributed by atoms with E-state index in [1.54, 1.807) is 12.1 Å². The highest BCUT2D eigenvalue weighted by Gasteiger charge is 2.17. The van der Waals surface area contributed by atoms with E-state index in [4.69, 9.17) is 13.9 Å². The van der Waals surface area contributed by atoms with E-state index in [-0.39, 0.29) is 23.9 Å². The largest absolute Gasteiger partial charge is 0.466 e. The minimum absolute atomic E-state index is 0.237. The molecule has 2 aromatic heterocycles. The highest BCUT2D eigenvalue weighted by atomic mass is 16.4. The molecule has 0 spiro atoms. The van der Waals surface area contributed by atoms with Crippen LogP contribution in [0.3, 0.4) is 0 Å². The van der Waals surface area contributed by atoms with Crippen molar-refractivity contribution < 1.29 is 18.7 Å². The maximum atomic E-state index is 11.7. The Morgan fingerprint density at radius 3 is 2.79 bits per heavy atom. The summed E-state index contributed by atoms with van der Waals surface area (Å²) in [5.41, 5.74) is 0.336.